The second-order valence-electron chi connectivity index (χ2n) is 4.87. The molecule has 21 heavy (non-hydrogen) atoms. The fraction of sp³-hybridized carbons (Fsp3) is 0.400. The number of nitrogens with one attached hydrogen (secondary N) is 1. The third kappa shape index (κ3) is 2.56. The third-order valence-electron chi connectivity index (χ3n) is 3.66. The summed E-state index contributed by atoms with van der Waals surface area (Å²) in [6.07, 6.45) is 0. The fourth-order valence-electron chi connectivity index (χ4n) is 2.54. The number of amides is 1. The summed E-state index contributed by atoms with van der Waals surface area (Å²) in [5, 5.41) is 4.18. The Bertz CT molecular complexity index is 621. The molecule has 0 bridgehead atoms. The van der Waals surface area contributed by atoms with Gasteiger partial charge >= 0.3 is 0 Å². The van der Waals surface area contributed by atoms with E-state index in [-0.39, 0.29) is 5.91 Å². The SMILES string of the molecule is COc1ccc(OC)c2sc(C(=O)N3CCNCC3)cc12. The van der Waals surface area contributed by atoms with Crippen LogP contribution in [0, 0.1) is 0 Å². The standard InChI is InChI=1S/C15H18N2O3S/c1-19-11-3-4-12(20-2)14-10(11)9-13(21-14)15(18)17-7-5-16-6-8-17/h3-4,9,16H,5-8H2,1-2H3. The number of thiophene rings is 1. The number of fused-ring (bicyclic) bond motifs is 1. The van der Waals surface area contributed by atoms with E-state index in [0.717, 1.165) is 52.6 Å². The molecule has 1 fully saturated rings. The van der Waals surface area contributed by atoms with E-state index in [9.17, 15) is 4.79 Å². The number of carbonyl (C=O) groups is 1. The molecule has 1 N–H and O–H groups in total. The van der Waals surface area contributed by atoms with Crippen molar-refractivity contribution in [2.24, 2.45) is 0 Å². The van der Waals surface area contributed by atoms with Gasteiger partial charge in [0.25, 0.3) is 5.91 Å². The fourth-order valence-corrected chi connectivity index (χ4v) is 3.68. The number of hydrogen-bond donors (Lipinski definition) is 1. The maximum Gasteiger partial charge on any atom is 0.264 e. The smallest absolute Gasteiger partial charge is 0.264 e. The molecule has 2 aromatic rings. The number of benzene rings is 1. The van der Waals surface area contributed by atoms with E-state index in [2.05, 4.69) is 5.32 Å². The van der Waals surface area contributed by atoms with E-state index in [0.29, 0.717) is 0 Å². The molecular formula is C15H18N2O3S. The summed E-state index contributed by atoms with van der Waals surface area (Å²) in [6.45, 7) is 3.20. The van der Waals surface area contributed by atoms with Crippen molar-refractivity contribution in [2.45, 2.75) is 0 Å². The lowest BCUT2D eigenvalue weighted by atomic mass is 10.2. The van der Waals surface area contributed by atoms with Gasteiger partial charge in [-0.1, -0.05) is 0 Å². The molecule has 112 valence electrons. The van der Waals surface area contributed by atoms with Gasteiger partial charge in [0, 0.05) is 31.6 Å². The van der Waals surface area contributed by atoms with Gasteiger partial charge in [0.1, 0.15) is 11.5 Å². The normalized spacial score (nSPS) is 15.2. The first-order valence-corrected chi connectivity index (χ1v) is 7.70. The first kappa shape index (κ1) is 14.2. The van der Waals surface area contributed by atoms with Crippen LogP contribution in [0.5, 0.6) is 11.5 Å². The van der Waals surface area contributed by atoms with Gasteiger partial charge in [-0.05, 0) is 18.2 Å². The van der Waals surface area contributed by atoms with Crippen molar-refractivity contribution in [1.29, 1.82) is 0 Å². The van der Waals surface area contributed by atoms with Gasteiger partial charge < -0.3 is 19.7 Å². The monoisotopic (exact) mass is 306 g/mol. The van der Waals surface area contributed by atoms with Crippen LogP contribution in [0.4, 0.5) is 0 Å². The quantitative estimate of drug-likeness (QED) is 0.942. The topological polar surface area (TPSA) is 50.8 Å². The van der Waals surface area contributed by atoms with Crippen LogP contribution < -0.4 is 14.8 Å². The summed E-state index contributed by atoms with van der Waals surface area (Å²) in [5.74, 6) is 1.62. The predicted molar refractivity (Wildman–Crippen MR) is 83.7 cm³/mol. The highest BCUT2D eigenvalue weighted by molar-refractivity contribution is 7.21. The predicted octanol–water partition coefficient (Wildman–Crippen LogP) is 1.96. The summed E-state index contributed by atoms with van der Waals surface area (Å²) in [6, 6.07) is 5.65. The number of rotatable bonds is 3. The Kier molecular flexibility index (Phi) is 3.98. The van der Waals surface area contributed by atoms with Gasteiger partial charge in [0.05, 0.1) is 23.8 Å². The van der Waals surface area contributed by atoms with Crippen LogP contribution in [0.25, 0.3) is 10.1 Å². The largest absolute Gasteiger partial charge is 0.496 e. The van der Waals surface area contributed by atoms with E-state index in [1.807, 2.05) is 23.1 Å². The van der Waals surface area contributed by atoms with Gasteiger partial charge in [-0.15, -0.1) is 11.3 Å². The average Bonchev–Trinajstić information content (AvgIpc) is 2.99. The lowest BCUT2D eigenvalue weighted by Crippen LogP contribution is -2.46. The van der Waals surface area contributed by atoms with Crippen LogP contribution in [0.15, 0.2) is 18.2 Å². The van der Waals surface area contributed by atoms with Gasteiger partial charge in [-0.3, -0.25) is 4.79 Å². The maximum absolute atomic E-state index is 12.6. The summed E-state index contributed by atoms with van der Waals surface area (Å²) in [5.41, 5.74) is 0. The Morgan fingerprint density at radius 1 is 1.19 bits per heavy atom. The van der Waals surface area contributed by atoms with Crippen molar-refractivity contribution in [3.8, 4) is 11.5 Å². The number of hydrogen-bond acceptors (Lipinski definition) is 5. The third-order valence-corrected chi connectivity index (χ3v) is 4.80. The second kappa shape index (κ2) is 5.91. The first-order chi connectivity index (χ1) is 10.2. The molecule has 2 heterocycles. The highest BCUT2D eigenvalue weighted by Crippen LogP contribution is 2.39. The highest BCUT2D eigenvalue weighted by atomic mass is 32.1. The Balaban J connectivity index is 2.01. The Morgan fingerprint density at radius 2 is 1.86 bits per heavy atom. The van der Waals surface area contributed by atoms with Crippen LogP contribution in [-0.2, 0) is 0 Å². The minimum Gasteiger partial charge on any atom is -0.496 e. The van der Waals surface area contributed by atoms with E-state index < -0.39 is 0 Å². The zero-order valence-corrected chi connectivity index (χ0v) is 13.0. The molecule has 0 unspecified atom stereocenters. The molecule has 0 saturated carbocycles. The molecule has 1 aromatic heterocycles. The van der Waals surface area contributed by atoms with E-state index in [1.165, 1.54) is 11.3 Å². The highest BCUT2D eigenvalue weighted by Gasteiger charge is 2.22. The molecule has 0 spiro atoms. The molecule has 6 heteroatoms. The molecule has 1 aromatic carbocycles. The Hall–Kier alpha value is -1.79. The molecule has 0 atom stereocenters. The van der Waals surface area contributed by atoms with Crippen LogP contribution in [-0.4, -0.2) is 51.2 Å². The number of carbonyl (C=O) groups excluding carboxylic acids is 1. The lowest BCUT2D eigenvalue weighted by Gasteiger charge is -2.26. The van der Waals surface area contributed by atoms with Crippen molar-refractivity contribution in [2.75, 3.05) is 40.4 Å². The number of methoxy groups -OCH3 is 2. The minimum absolute atomic E-state index is 0.0850. The van der Waals surface area contributed by atoms with Crippen LogP contribution >= 0.6 is 11.3 Å². The zero-order chi connectivity index (χ0) is 14.8. The maximum atomic E-state index is 12.6. The van der Waals surface area contributed by atoms with Gasteiger partial charge in [0.2, 0.25) is 0 Å². The molecule has 1 aliphatic rings. The molecule has 0 aliphatic carbocycles. The summed E-state index contributed by atoms with van der Waals surface area (Å²) in [4.78, 5) is 15.2. The van der Waals surface area contributed by atoms with Crippen LogP contribution in [0.3, 0.4) is 0 Å². The van der Waals surface area contributed by atoms with Crippen molar-refractivity contribution < 1.29 is 14.3 Å². The summed E-state index contributed by atoms with van der Waals surface area (Å²) < 4.78 is 11.7. The van der Waals surface area contributed by atoms with Crippen molar-refractivity contribution in [1.82, 2.24) is 10.2 Å². The first-order valence-electron chi connectivity index (χ1n) is 6.89. The molecule has 5 nitrogen and oxygen atoms in total. The molecular weight excluding hydrogens is 288 g/mol. The average molecular weight is 306 g/mol. The summed E-state index contributed by atoms with van der Waals surface area (Å²) >= 11 is 1.46. The van der Waals surface area contributed by atoms with Gasteiger partial charge in [-0.2, -0.15) is 0 Å². The number of ether oxygens (including phenoxy) is 2. The van der Waals surface area contributed by atoms with Crippen LogP contribution in [0.1, 0.15) is 9.67 Å². The van der Waals surface area contributed by atoms with E-state index in [4.69, 9.17) is 9.47 Å². The minimum atomic E-state index is 0.0850. The molecule has 0 radical (unpaired) electrons. The van der Waals surface area contributed by atoms with E-state index in [1.54, 1.807) is 14.2 Å². The van der Waals surface area contributed by atoms with Crippen molar-refractivity contribution in [3.63, 3.8) is 0 Å². The second-order valence-corrected chi connectivity index (χ2v) is 5.92. The molecule has 3 rings (SSSR count). The van der Waals surface area contributed by atoms with Crippen molar-refractivity contribution >= 4 is 27.3 Å². The van der Waals surface area contributed by atoms with Crippen molar-refractivity contribution in [3.05, 3.63) is 23.1 Å². The Labute approximate surface area is 127 Å². The zero-order valence-electron chi connectivity index (χ0n) is 12.1. The van der Waals surface area contributed by atoms with Gasteiger partial charge in [0.15, 0.2) is 0 Å². The molecule has 1 amide bonds. The number of nitrogens with zero attached hydrogens (tertiary/aromatic N) is 1. The molecule has 1 aliphatic heterocycles. The number of piperazine rings is 1. The Morgan fingerprint density at radius 3 is 2.52 bits per heavy atom. The molecule has 1 saturated heterocycles. The van der Waals surface area contributed by atoms with Gasteiger partial charge in [-0.25, -0.2) is 0 Å². The van der Waals surface area contributed by atoms with E-state index >= 15 is 0 Å². The van der Waals surface area contributed by atoms with Crippen LogP contribution in [0.2, 0.25) is 0 Å². The lowest BCUT2D eigenvalue weighted by molar-refractivity contribution is 0.0741. The summed E-state index contributed by atoms with van der Waals surface area (Å²) in [7, 11) is 3.27.